The fourth-order valence-corrected chi connectivity index (χ4v) is 2.46. The van der Waals surface area contributed by atoms with Crippen molar-refractivity contribution in [2.75, 3.05) is 26.2 Å². The minimum atomic E-state index is -0.531. The fourth-order valence-electron chi connectivity index (χ4n) is 2.15. The highest BCUT2D eigenvalue weighted by molar-refractivity contribution is 6.41. The molecule has 0 radical (unpaired) electrons. The van der Waals surface area contributed by atoms with E-state index in [1.165, 1.54) is 11.0 Å². The highest BCUT2D eigenvalue weighted by atomic mass is 35.5. The number of aromatic nitrogens is 1. The van der Waals surface area contributed by atoms with E-state index in [0.29, 0.717) is 31.2 Å². The van der Waals surface area contributed by atoms with E-state index < -0.39 is 6.04 Å². The number of hydrogen-bond acceptors (Lipinski definition) is 3. The summed E-state index contributed by atoms with van der Waals surface area (Å²) in [7, 11) is 0. The van der Waals surface area contributed by atoms with Gasteiger partial charge >= 0.3 is 0 Å². The van der Waals surface area contributed by atoms with Gasteiger partial charge in [-0.3, -0.25) is 9.59 Å². The lowest BCUT2D eigenvalue weighted by molar-refractivity contribution is -0.126. The van der Waals surface area contributed by atoms with Crippen molar-refractivity contribution in [3.05, 3.63) is 21.9 Å². The molecular weight excluding hydrogens is 303 g/mol. The highest BCUT2D eigenvalue weighted by Crippen LogP contribution is 2.23. The molecule has 1 aliphatic heterocycles. The van der Waals surface area contributed by atoms with Crippen LogP contribution in [-0.2, 0) is 4.79 Å². The van der Waals surface area contributed by atoms with Crippen molar-refractivity contribution in [2.24, 2.45) is 0 Å². The van der Waals surface area contributed by atoms with E-state index in [4.69, 9.17) is 23.2 Å². The van der Waals surface area contributed by atoms with Crippen LogP contribution in [0, 0.1) is 0 Å². The Labute approximate surface area is 126 Å². The van der Waals surface area contributed by atoms with E-state index in [-0.39, 0.29) is 22.7 Å². The molecule has 8 heteroatoms. The van der Waals surface area contributed by atoms with E-state index in [0.717, 1.165) is 0 Å². The second kappa shape index (κ2) is 6.47. The molecule has 1 aliphatic rings. The van der Waals surface area contributed by atoms with Gasteiger partial charge in [-0.05, 0) is 13.0 Å². The summed E-state index contributed by atoms with van der Waals surface area (Å²) >= 11 is 11.6. The summed E-state index contributed by atoms with van der Waals surface area (Å²) in [4.78, 5) is 28.7. The van der Waals surface area contributed by atoms with Gasteiger partial charge in [0.2, 0.25) is 5.91 Å². The van der Waals surface area contributed by atoms with E-state index in [9.17, 15) is 9.59 Å². The number of amides is 2. The standard InChI is InChI=1S/C12H16Cl2N4O2/c1-2-16-11(19)9-6-15-3-4-18(9)12(20)8-5-7(13)10(14)17-8/h5,9,15,17H,2-4,6H2,1H3,(H,16,19). The first-order valence-corrected chi connectivity index (χ1v) is 7.13. The van der Waals surface area contributed by atoms with Gasteiger partial charge in [-0.25, -0.2) is 0 Å². The van der Waals surface area contributed by atoms with E-state index in [1.807, 2.05) is 6.92 Å². The Morgan fingerprint density at radius 1 is 1.50 bits per heavy atom. The molecule has 6 nitrogen and oxygen atoms in total. The van der Waals surface area contributed by atoms with Crippen molar-refractivity contribution in [1.29, 1.82) is 0 Å². The number of nitrogens with zero attached hydrogens (tertiary/aromatic N) is 1. The van der Waals surface area contributed by atoms with Gasteiger partial charge in [-0.2, -0.15) is 0 Å². The number of carbonyl (C=O) groups is 2. The predicted molar refractivity (Wildman–Crippen MR) is 77.2 cm³/mol. The first kappa shape index (κ1) is 15.2. The zero-order valence-corrected chi connectivity index (χ0v) is 12.5. The molecule has 2 amide bonds. The normalized spacial score (nSPS) is 18.9. The van der Waals surface area contributed by atoms with Gasteiger partial charge in [0, 0.05) is 26.2 Å². The second-order valence-electron chi connectivity index (χ2n) is 4.46. The van der Waals surface area contributed by atoms with Crippen molar-refractivity contribution in [3.63, 3.8) is 0 Å². The Balaban J connectivity index is 2.19. The summed E-state index contributed by atoms with van der Waals surface area (Å²) in [6.45, 7) is 3.89. The van der Waals surface area contributed by atoms with Crippen LogP contribution in [0.4, 0.5) is 0 Å². The van der Waals surface area contributed by atoms with Gasteiger partial charge in [-0.15, -0.1) is 0 Å². The SMILES string of the molecule is CCNC(=O)C1CNCCN1C(=O)c1cc(Cl)c(Cl)[nH]1. The van der Waals surface area contributed by atoms with E-state index in [2.05, 4.69) is 15.6 Å². The molecule has 3 N–H and O–H groups in total. The van der Waals surface area contributed by atoms with Gasteiger partial charge in [0.15, 0.2) is 0 Å². The molecule has 0 saturated carbocycles. The molecule has 110 valence electrons. The van der Waals surface area contributed by atoms with Crippen LogP contribution in [0.15, 0.2) is 6.07 Å². The van der Waals surface area contributed by atoms with Crippen molar-refractivity contribution >= 4 is 35.0 Å². The van der Waals surface area contributed by atoms with Crippen molar-refractivity contribution < 1.29 is 9.59 Å². The lowest BCUT2D eigenvalue weighted by Gasteiger charge is -2.34. The summed E-state index contributed by atoms with van der Waals surface area (Å²) in [6.07, 6.45) is 0. The van der Waals surface area contributed by atoms with Crippen LogP contribution < -0.4 is 10.6 Å². The van der Waals surface area contributed by atoms with Gasteiger partial charge < -0.3 is 20.5 Å². The number of aromatic amines is 1. The van der Waals surface area contributed by atoms with E-state index >= 15 is 0 Å². The number of likely N-dealkylation sites (N-methyl/N-ethyl adjacent to an activating group) is 1. The minimum absolute atomic E-state index is 0.170. The Hall–Kier alpha value is -1.24. The summed E-state index contributed by atoms with van der Waals surface area (Å²) in [6, 6.07) is 0.945. The molecule has 1 saturated heterocycles. The molecule has 0 aliphatic carbocycles. The summed E-state index contributed by atoms with van der Waals surface area (Å²) in [5.41, 5.74) is 0.288. The first-order valence-electron chi connectivity index (χ1n) is 6.38. The van der Waals surface area contributed by atoms with Crippen LogP contribution in [-0.4, -0.2) is 53.9 Å². The Kier molecular flexibility index (Phi) is 4.91. The summed E-state index contributed by atoms with van der Waals surface area (Å²) in [5, 5.41) is 6.36. The molecule has 0 bridgehead atoms. The number of carbonyl (C=O) groups excluding carboxylic acids is 2. The quantitative estimate of drug-likeness (QED) is 0.774. The first-order chi connectivity index (χ1) is 9.54. The number of nitrogens with one attached hydrogen (secondary N) is 3. The Bertz CT molecular complexity index is 498. The average Bonchev–Trinajstić information content (AvgIpc) is 2.78. The van der Waals surface area contributed by atoms with Crippen LogP contribution in [0.1, 0.15) is 17.4 Å². The molecule has 1 fully saturated rings. The zero-order chi connectivity index (χ0) is 14.7. The summed E-state index contributed by atoms with van der Waals surface area (Å²) in [5.74, 6) is -0.451. The third kappa shape index (κ3) is 3.08. The van der Waals surface area contributed by atoms with Crippen molar-refractivity contribution in [1.82, 2.24) is 20.5 Å². The number of piperazine rings is 1. The maximum absolute atomic E-state index is 12.5. The smallest absolute Gasteiger partial charge is 0.271 e. The molecule has 2 rings (SSSR count). The average molecular weight is 319 g/mol. The van der Waals surface area contributed by atoms with Crippen LogP contribution in [0.25, 0.3) is 0 Å². The van der Waals surface area contributed by atoms with Crippen molar-refractivity contribution in [2.45, 2.75) is 13.0 Å². The number of rotatable bonds is 3. The Morgan fingerprint density at radius 3 is 2.85 bits per heavy atom. The zero-order valence-electron chi connectivity index (χ0n) is 11.0. The second-order valence-corrected chi connectivity index (χ2v) is 5.24. The fraction of sp³-hybridized carbons (Fsp3) is 0.500. The molecule has 0 spiro atoms. The molecule has 1 unspecified atom stereocenters. The lowest BCUT2D eigenvalue weighted by atomic mass is 10.1. The highest BCUT2D eigenvalue weighted by Gasteiger charge is 2.33. The molecule has 1 aromatic heterocycles. The third-order valence-electron chi connectivity index (χ3n) is 3.11. The molecule has 0 aromatic carbocycles. The molecule has 2 heterocycles. The van der Waals surface area contributed by atoms with Gasteiger partial charge in [0.25, 0.3) is 5.91 Å². The number of halogens is 2. The third-order valence-corrected chi connectivity index (χ3v) is 3.81. The topological polar surface area (TPSA) is 77.2 Å². The maximum atomic E-state index is 12.5. The van der Waals surface area contributed by atoms with Gasteiger partial charge in [0.05, 0.1) is 5.02 Å². The van der Waals surface area contributed by atoms with Gasteiger partial charge in [0.1, 0.15) is 16.9 Å². The van der Waals surface area contributed by atoms with E-state index in [1.54, 1.807) is 0 Å². The molecule has 1 atom stereocenters. The monoisotopic (exact) mass is 318 g/mol. The Morgan fingerprint density at radius 2 is 2.25 bits per heavy atom. The van der Waals surface area contributed by atoms with Crippen LogP contribution in [0.3, 0.4) is 0 Å². The van der Waals surface area contributed by atoms with Gasteiger partial charge in [-0.1, -0.05) is 23.2 Å². The maximum Gasteiger partial charge on any atom is 0.271 e. The largest absolute Gasteiger partial charge is 0.355 e. The van der Waals surface area contributed by atoms with Crippen LogP contribution in [0.2, 0.25) is 10.2 Å². The molecule has 1 aromatic rings. The lowest BCUT2D eigenvalue weighted by Crippen LogP contribution is -2.59. The van der Waals surface area contributed by atoms with Crippen molar-refractivity contribution in [3.8, 4) is 0 Å². The molecular formula is C12H16Cl2N4O2. The predicted octanol–water partition coefficient (Wildman–Crippen LogP) is 0.872. The number of hydrogen-bond donors (Lipinski definition) is 3. The van der Waals surface area contributed by atoms with Crippen LogP contribution in [0.5, 0.6) is 0 Å². The molecule has 20 heavy (non-hydrogen) atoms. The number of H-pyrrole nitrogens is 1. The minimum Gasteiger partial charge on any atom is -0.355 e. The van der Waals surface area contributed by atoms with Crippen LogP contribution >= 0.6 is 23.2 Å². The summed E-state index contributed by atoms with van der Waals surface area (Å²) < 4.78 is 0.